The van der Waals surface area contributed by atoms with Crippen LogP contribution in [0.25, 0.3) is 6.08 Å². The van der Waals surface area contributed by atoms with Gasteiger partial charge in [0.1, 0.15) is 12.1 Å². The van der Waals surface area contributed by atoms with E-state index >= 15 is 0 Å². The first-order chi connectivity index (χ1) is 14.3. The summed E-state index contributed by atoms with van der Waals surface area (Å²) < 4.78 is 4.82. The molecule has 3 rings (SSSR count). The first kappa shape index (κ1) is 21.5. The molecule has 1 aromatic carbocycles. The minimum absolute atomic E-state index is 0.311. The van der Waals surface area contributed by atoms with Crippen molar-refractivity contribution in [1.29, 1.82) is 0 Å². The highest BCUT2D eigenvalue weighted by atomic mass is 16.5. The van der Waals surface area contributed by atoms with Gasteiger partial charge in [-0.25, -0.2) is 9.59 Å². The van der Waals surface area contributed by atoms with E-state index in [1.807, 2.05) is 0 Å². The normalized spacial score (nSPS) is 23.7. The van der Waals surface area contributed by atoms with Gasteiger partial charge in [0.15, 0.2) is 0 Å². The van der Waals surface area contributed by atoms with Gasteiger partial charge in [-0.2, -0.15) is 0 Å². The average molecular weight is 413 g/mol. The maximum atomic E-state index is 12.8. The summed E-state index contributed by atoms with van der Waals surface area (Å²) in [5.41, 5.74) is 0.446. The lowest BCUT2D eigenvalue weighted by molar-refractivity contribution is -0.137. The molecule has 2 fully saturated rings. The molecule has 0 unspecified atom stereocenters. The standard InChI is InChI=1S/C22H27N3O5/c1-3-30-19(27)9-6-16-4-7-17(8-5-16)23-18(26)14-25-20(28)22(24-21(25)29)12-10-15(2)11-13-22/h4-9,15H,3,10-14H2,1-2H3,(H,23,26)(H,24,29)/b9-6+. The number of urea groups is 1. The Labute approximate surface area is 175 Å². The van der Waals surface area contributed by atoms with E-state index in [1.165, 1.54) is 6.08 Å². The predicted octanol–water partition coefficient (Wildman–Crippen LogP) is 2.70. The Kier molecular flexibility index (Phi) is 6.54. The summed E-state index contributed by atoms with van der Waals surface area (Å²) >= 11 is 0. The molecule has 1 saturated heterocycles. The van der Waals surface area contributed by atoms with E-state index in [-0.39, 0.29) is 12.5 Å². The summed E-state index contributed by atoms with van der Waals surface area (Å²) in [7, 11) is 0. The molecule has 1 saturated carbocycles. The second kappa shape index (κ2) is 9.11. The van der Waals surface area contributed by atoms with Gasteiger partial charge in [0.2, 0.25) is 5.91 Å². The molecule has 0 bridgehead atoms. The summed E-state index contributed by atoms with van der Waals surface area (Å²) in [6, 6.07) is 6.32. The van der Waals surface area contributed by atoms with Crippen LogP contribution < -0.4 is 10.6 Å². The van der Waals surface area contributed by atoms with E-state index in [4.69, 9.17) is 4.74 Å². The zero-order valence-corrected chi connectivity index (χ0v) is 17.3. The van der Waals surface area contributed by atoms with Crippen LogP contribution in [-0.4, -0.2) is 47.4 Å². The van der Waals surface area contributed by atoms with Crippen molar-refractivity contribution in [2.45, 2.75) is 45.1 Å². The highest BCUT2D eigenvalue weighted by molar-refractivity contribution is 6.10. The molecule has 1 aliphatic carbocycles. The van der Waals surface area contributed by atoms with Crippen molar-refractivity contribution in [3.63, 3.8) is 0 Å². The van der Waals surface area contributed by atoms with Gasteiger partial charge in [0, 0.05) is 11.8 Å². The molecule has 0 radical (unpaired) electrons. The van der Waals surface area contributed by atoms with Crippen molar-refractivity contribution < 1.29 is 23.9 Å². The molecule has 1 heterocycles. The quantitative estimate of drug-likeness (QED) is 0.424. The summed E-state index contributed by atoms with van der Waals surface area (Å²) in [4.78, 5) is 49.9. The van der Waals surface area contributed by atoms with E-state index in [0.717, 1.165) is 23.3 Å². The van der Waals surface area contributed by atoms with Crippen LogP contribution in [0.1, 0.15) is 45.1 Å². The predicted molar refractivity (Wildman–Crippen MR) is 111 cm³/mol. The maximum Gasteiger partial charge on any atom is 0.330 e. The summed E-state index contributed by atoms with van der Waals surface area (Å²) in [5, 5.41) is 5.50. The highest BCUT2D eigenvalue weighted by Crippen LogP contribution is 2.36. The molecular weight excluding hydrogens is 386 g/mol. The number of hydrogen-bond acceptors (Lipinski definition) is 5. The number of amides is 4. The third kappa shape index (κ3) is 4.87. The summed E-state index contributed by atoms with van der Waals surface area (Å²) in [6.07, 6.45) is 5.92. The molecule has 1 spiro atoms. The Hall–Kier alpha value is -3.16. The number of nitrogens with zero attached hydrogens (tertiary/aromatic N) is 1. The van der Waals surface area contributed by atoms with Crippen LogP contribution in [-0.2, 0) is 19.1 Å². The van der Waals surface area contributed by atoms with Crippen LogP contribution in [0.4, 0.5) is 10.5 Å². The van der Waals surface area contributed by atoms with E-state index < -0.39 is 23.4 Å². The van der Waals surface area contributed by atoms with E-state index in [2.05, 4.69) is 17.6 Å². The number of hydrogen-bond donors (Lipinski definition) is 2. The van der Waals surface area contributed by atoms with Crippen LogP contribution in [0.5, 0.6) is 0 Å². The Bertz CT molecular complexity index is 854. The van der Waals surface area contributed by atoms with Gasteiger partial charge in [-0.3, -0.25) is 14.5 Å². The Morgan fingerprint density at radius 1 is 1.23 bits per heavy atom. The molecule has 4 amide bonds. The second-order valence-corrected chi connectivity index (χ2v) is 7.84. The van der Waals surface area contributed by atoms with E-state index in [9.17, 15) is 19.2 Å². The minimum Gasteiger partial charge on any atom is -0.463 e. The Morgan fingerprint density at radius 3 is 2.53 bits per heavy atom. The fourth-order valence-electron chi connectivity index (χ4n) is 3.79. The number of benzene rings is 1. The third-order valence-electron chi connectivity index (χ3n) is 5.57. The van der Waals surface area contributed by atoms with E-state index in [1.54, 1.807) is 37.3 Å². The Morgan fingerprint density at radius 2 is 1.90 bits per heavy atom. The first-order valence-corrected chi connectivity index (χ1v) is 10.2. The lowest BCUT2D eigenvalue weighted by atomic mass is 9.77. The maximum absolute atomic E-state index is 12.8. The van der Waals surface area contributed by atoms with Crippen molar-refractivity contribution in [1.82, 2.24) is 10.2 Å². The number of imide groups is 1. The van der Waals surface area contributed by atoms with Gasteiger partial charge < -0.3 is 15.4 Å². The topological polar surface area (TPSA) is 105 Å². The summed E-state index contributed by atoms with van der Waals surface area (Å²) in [5.74, 6) is -0.648. The van der Waals surface area contributed by atoms with Crippen LogP contribution in [0.3, 0.4) is 0 Å². The van der Waals surface area contributed by atoms with Gasteiger partial charge in [0.05, 0.1) is 6.61 Å². The van der Waals surface area contributed by atoms with Crippen molar-refractivity contribution in [2.75, 3.05) is 18.5 Å². The molecule has 160 valence electrons. The molecule has 1 aromatic rings. The molecule has 0 atom stereocenters. The molecule has 2 N–H and O–H groups in total. The zero-order chi connectivity index (χ0) is 21.7. The van der Waals surface area contributed by atoms with Crippen LogP contribution in [0, 0.1) is 5.92 Å². The third-order valence-corrected chi connectivity index (χ3v) is 5.57. The molecule has 2 aliphatic rings. The lowest BCUT2D eigenvalue weighted by Crippen LogP contribution is -2.49. The van der Waals surface area contributed by atoms with Crippen molar-refractivity contribution >= 4 is 35.6 Å². The number of rotatable bonds is 6. The van der Waals surface area contributed by atoms with Crippen LogP contribution in [0.2, 0.25) is 0 Å². The van der Waals surface area contributed by atoms with Crippen LogP contribution >= 0.6 is 0 Å². The average Bonchev–Trinajstić information content (AvgIpc) is 2.94. The van der Waals surface area contributed by atoms with Crippen LogP contribution in [0.15, 0.2) is 30.3 Å². The lowest BCUT2D eigenvalue weighted by Gasteiger charge is -2.33. The van der Waals surface area contributed by atoms with Crippen molar-refractivity contribution in [3.8, 4) is 0 Å². The number of carbonyl (C=O) groups excluding carboxylic acids is 4. The van der Waals surface area contributed by atoms with Gasteiger partial charge >= 0.3 is 12.0 Å². The number of carbonyl (C=O) groups is 4. The van der Waals surface area contributed by atoms with Gasteiger partial charge in [-0.1, -0.05) is 19.1 Å². The molecular formula is C22H27N3O5. The number of esters is 1. The number of nitrogens with one attached hydrogen (secondary N) is 2. The smallest absolute Gasteiger partial charge is 0.330 e. The SMILES string of the molecule is CCOC(=O)/C=C/c1ccc(NC(=O)CN2C(=O)NC3(CCC(C)CC3)C2=O)cc1. The molecule has 8 heteroatoms. The number of anilines is 1. The fourth-order valence-corrected chi connectivity index (χ4v) is 3.79. The monoisotopic (exact) mass is 413 g/mol. The first-order valence-electron chi connectivity index (χ1n) is 10.2. The summed E-state index contributed by atoms with van der Waals surface area (Å²) in [6.45, 7) is 3.85. The van der Waals surface area contributed by atoms with Gasteiger partial charge in [-0.05, 0) is 62.3 Å². The van der Waals surface area contributed by atoms with Crippen molar-refractivity contribution in [3.05, 3.63) is 35.9 Å². The fraction of sp³-hybridized carbons (Fsp3) is 0.455. The number of ether oxygens (including phenoxy) is 1. The van der Waals surface area contributed by atoms with Crippen molar-refractivity contribution in [2.24, 2.45) is 5.92 Å². The second-order valence-electron chi connectivity index (χ2n) is 7.84. The largest absolute Gasteiger partial charge is 0.463 e. The molecule has 30 heavy (non-hydrogen) atoms. The Balaban J connectivity index is 1.56. The molecule has 1 aliphatic heterocycles. The highest BCUT2D eigenvalue weighted by Gasteiger charge is 2.52. The zero-order valence-electron chi connectivity index (χ0n) is 17.3. The van der Waals surface area contributed by atoms with E-state index in [0.29, 0.717) is 31.1 Å². The minimum atomic E-state index is -0.850. The molecule has 0 aromatic heterocycles. The molecule has 8 nitrogen and oxygen atoms in total. The van der Waals surface area contributed by atoms with Gasteiger partial charge in [-0.15, -0.1) is 0 Å². The van der Waals surface area contributed by atoms with Gasteiger partial charge in [0.25, 0.3) is 5.91 Å².